The minimum Gasteiger partial charge on any atom is -0.386 e. The van der Waals surface area contributed by atoms with Crippen LogP contribution in [0.3, 0.4) is 0 Å². The molecule has 0 aliphatic heterocycles. The number of ether oxygens (including phenoxy) is 1. The Morgan fingerprint density at radius 2 is 1.70 bits per heavy atom. The zero-order valence-corrected chi connectivity index (χ0v) is 16.7. The lowest BCUT2D eigenvalue weighted by Crippen LogP contribution is -2.46. The molecule has 0 heterocycles. The molecule has 150 valence electrons. The maximum Gasteiger partial charge on any atom is 0.252 e. The van der Waals surface area contributed by atoms with Crippen molar-refractivity contribution < 1.29 is 9.53 Å². The van der Waals surface area contributed by atoms with Crippen LogP contribution in [0, 0.1) is 5.41 Å². The van der Waals surface area contributed by atoms with Gasteiger partial charge >= 0.3 is 0 Å². The number of carbonyl (C=O) groups is 1. The fourth-order valence-electron chi connectivity index (χ4n) is 3.11. The van der Waals surface area contributed by atoms with E-state index < -0.39 is 5.54 Å². The Morgan fingerprint density at radius 1 is 1.07 bits per heavy atom. The molecule has 0 bridgehead atoms. The molecule has 1 aliphatic carbocycles. The molecule has 0 atom stereocenters. The number of nitrogens with one attached hydrogen (secondary N) is 2. The van der Waals surface area contributed by atoms with Gasteiger partial charge < -0.3 is 15.8 Å². The van der Waals surface area contributed by atoms with Crippen molar-refractivity contribution >= 4 is 11.7 Å². The van der Waals surface area contributed by atoms with Crippen molar-refractivity contribution in [2.45, 2.75) is 76.7 Å². The third kappa shape index (κ3) is 7.33. The quantitative estimate of drug-likeness (QED) is 0.259. The summed E-state index contributed by atoms with van der Waals surface area (Å²) in [4.78, 5) is 12.3. The van der Waals surface area contributed by atoms with Crippen LogP contribution < -0.4 is 11.1 Å². The Balaban J connectivity index is 1.58. The van der Waals surface area contributed by atoms with Crippen LogP contribution in [0.15, 0.2) is 24.3 Å². The van der Waals surface area contributed by atoms with Gasteiger partial charge in [0.1, 0.15) is 5.84 Å². The van der Waals surface area contributed by atoms with Gasteiger partial charge in [-0.25, -0.2) is 0 Å². The van der Waals surface area contributed by atoms with Crippen molar-refractivity contribution in [2.24, 2.45) is 5.73 Å². The predicted octanol–water partition coefficient (Wildman–Crippen LogP) is 4.19. The predicted molar refractivity (Wildman–Crippen MR) is 110 cm³/mol. The van der Waals surface area contributed by atoms with E-state index >= 15 is 0 Å². The monoisotopic (exact) mass is 373 g/mol. The first-order valence-corrected chi connectivity index (χ1v) is 10.4. The number of nitrogens with two attached hydrogens (primary N) is 1. The van der Waals surface area contributed by atoms with Crippen LogP contribution >= 0.6 is 0 Å². The van der Waals surface area contributed by atoms with Crippen LogP contribution in [0.1, 0.15) is 80.6 Å². The lowest BCUT2D eigenvalue weighted by Gasteiger charge is -2.15. The third-order valence-electron chi connectivity index (χ3n) is 5.23. The number of unbranched alkanes of at least 4 members (excludes halogenated alkanes) is 5. The van der Waals surface area contributed by atoms with Crippen molar-refractivity contribution in [3.8, 4) is 0 Å². The number of hydrogen-bond acceptors (Lipinski definition) is 3. The molecular formula is C22H35N3O2. The Hall–Kier alpha value is -1.88. The molecule has 1 fully saturated rings. The molecule has 0 spiro atoms. The average molecular weight is 374 g/mol. The van der Waals surface area contributed by atoms with Gasteiger partial charge in [0.25, 0.3) is 5.91 Å². The van der Waals surface area contributed by atoms with Gasteiger partial charge in [-0.1, -0.05) is 44.7 Å². The highest BCUT2D eigenvalue weighted by atomic mass is 16.5. The van der Waals surface area contributed by atoms with Crippen LogP contribution in [0.25, 0.3) is 0 Å². The number of benzene rings is 1. The van der Waals surface area contributed by atoms with E-state index in [0.717, 1.165) is 45.3 Å². The van der Waals surface area contributed by atoms with Gasteiger partial charge in [0.05, 0.1) is 5.54 Å². The molecule has 1 aromatic rings. The molecule has 1 saturated carbocycles. The van der Waals surface area contributed by atoms with Crippen molar-refractivity contribution in [3.63, 3.8) is 0 Å². The minimum absolute atomic E-state index is 0.0555. The number of hydrogen-bond donors (Lipinski definition) is 3. The summed E-state index contributed by atoms with van der Waals surface area (Å²) in [5.74, 6) is -0.0876. The summed E-state index contributed by atoms with van der Waals surface area (Å²) in [7, 11) is 0. The number of aryl methyl sites for hydroxylation is 1. The molecule has 0 unspecified atom stereocenters. The van der Waals surface area contributed by atoms with Gasteiger partial charge in [-0.05, 0) is 56.2 Å². The second-order valence-corrected chi connectivity index (χ2v) is 7.63. The number of amides is 1. The highest BCUT2D eigenvalue weighted by Crippen LogP contribution is 2.35. The van der Waals surface area contributed by atoms with E-state index in [1.54, 1.807) is 0 Å². The Labute approximate surface area is 163 Å². The van der Waals surface area contributed by atoms with Crippen molar-refractivity contribution in [2.75, 3.05) is 13.2 Å². The van der Waals surface area contributed by atoms with Gasteiger partial charge in [0.15, 0.2) is 0 Å². The number of rotatable bonds is 14. The third-order valence-corrected chi connectivity index (χ3v) is 5.23. The SMILES string of the molecule is CCCCOCCCCCCCc1ccc(C(=O)NC2(C(=N)N)CC2)cc1. The van der Waals surface area contributed by atoms with E-state index in [2.05, 4.69) is 12.2 Å². The van der Waals surface area contributed by atoms with Crippen molar-refractivity contribution in [1.82, 2.24) is 5.32 Å². The standard InChI is InChI=1S/C22H35N3O2/c1-2-3-16-27-17-8-6-4-5-7-9-18-10-12-19(13-11-18)20(26)25-22(14-15-22)21(23)24/h10-13H,2-9,14-17H2,1H3,(H3,23,24)(H,25,26). The van der Waals surface area contributed by atoms with E-state index in [1.807, 2.05) is 24.3 Å². The fraction of sp³-hybridized carbons (Fsp3) is 0.636. The zero-order chi connectivity index (χ0) is 19.5. The topological polar surface area (TPSA) is 88.2 Å². The van der Waals surface area contributed by atoms with E-state index in [0.29, 0.717) is 5.56 Å². The van der Waals surface area contributed by atoms with E-state index in [4.69, 9.17) is 15.9 Å². The largest absolute Gasteiger partial charge is 0.386 e. The molecule has 2 rings (SSSR count). The Bertz CT molecular complexity index is 594. The van der Waals surface area contributed by atoms with E-state index in [1.165, 1.54) is 37.7 Å². The van der Waals surface area contributed by atoms with Crippen molar-refractivity contribution in [1.29, 1.82) is 5.41 Å². The van der Waals surface area contributed by atoms with Gasteiger partial charge in [-0.2, -0.15) is 0 Å². The molecule has 1 amide bonds. The summed E-state index contributed by atoms with van der Waals surface area (Å²) in [5, 5.41) is 10.5. The summed E-state index contributed by atoms with van der Waals surface area (Å²) in [5.41, 5.74) is 6.88. The van der Waals surface area contributed by atoms with Crippen molar-refractivity contribution in [3.05, 3.63) is 35.4 Å². The van der Waals surface area contributed by atoms with Crippen LogP contribution in [-0.2, 0) is 11.2 Å². The maximum atomic E-state index is 12.3. The van der Waals surface area contributed by atoms with Crippen LogP contribution in [0.5, 0.6) is 0 Å². The minimum atomic E-state index is -0.587. The van der Waals surface area contributed by atoms with Crippen LogP contribution in [0.4, 0.5) is 0 Å². The lowest BCUT2D eigenvalue weighted by atomic mass is 10.0. The molecule has 5 heteroatoms. The second kappa shape index (κ2) is 11.1. The maximum absolute atomic E-state index is 12.3. The summed E-state index contributed by atoms with van der Waals surface area (Å²) in [6.07, 6.45) is 11.0. The Kier molecular flexibility index (Phi) is 8.79. The molecule has 4 N–H and O–H groups in total. The van der Waals surface area contributed by atoms with Crippen LogP contribution in [-0.4, -0.2) is 30.5 Å². The molecule has 0 aromatic heterocycles. The van der Waals surface area contributed by atoms with Gasteiger partial charge in [-0.15, -0.1) is 0 Å². The summed E-state index contributed by atoms with van der Waals surface area (Å²) in [6.45, 7) is 3.98. The molecule has 5 nitrogen and oxygen atoms in total. The summed E-state index contributed by atoms with van der Waals surface area (Å²) < 4.78 is 5.58. The normalized spacial score (nSPS) is 14.7. The van der Waals surface area contributed by atoms with Crippen LogP contribution in [0.2, 0.25) is 0 Å². The Morgan fingerprint density at radius 3 is 2.33 bits per heavy atom. The average Bonchev–Trinajstić information content (AvgIpc) is 3.44. The second-order valence-electron chi connectivity index (χ2n) is 7.63. The molecule has 1 aliphatic rings. The molecule has 27 heavy (non-hydrogen) atoms. The fourth-order valence-corrected chi connectivity index (χ4v) is 3.11. The lowest BCUT2D eigenvalue weighted by molar-refractivity contribution is 0.0943. The van der Waals surface area contributed by atoms with Gasteiger partial charge in [0, 0.05) is 18.8 Å². The molecule has 0 saturated heterocycles. The first-order valence-electron chi connectivity index (χ1n) is 10.4. The number of carbonyl (C=O) groups excluding carboxylic acids is 1. The first kappa shape index (κ1) is 21.4. The molecular weight excluding hydrogens is 338 g/mol. The molecule has 0 radical (unpaired) electrons. The van der Waals surface area contributed by atoms with Gasteiger partial charge in [0.2, 0.25) is 0 Å². The zero-order valence-electron chi connectivity index (χ0n) is 16.7. The summed E-state index contributed by atoms with van der Waals surface area (Å²) in [6, 6.07) is 7.80. The smallest absolute Gasteiger partial charge is 0.252 e. The van der Waals surface area contributed by atoms with E-state index in [9.17, 15) is 4.79 Å². The number of amidine groups is 1. The first-order chi connectivity index (χ1) is 13.1. The highest BCUT2D eigenvalue weighted by molar-refractivity contribution is 6.01. The van der Waals surface area contributed by atoms with E-state index in [-0.39, 0.29) is 11.7 Å². The van der Waals surface area contributed by atoms with Gasteiger partial charge in [-0.3, -0.25) is 10.2 Å². The highest BCUT2D eigenvalue weighted by Gasteiger charge is 2.47. The molecule has 1 aromatic carbocycles. The summed E-state index contributed by atoms with van der Waals surface area (Å²) >= 11 is 0.